The van der Waals surface area contributed by atoms with Crippen LogP contribution in [0.2, 0.25) is 0 Å². The summed E-state index contributed by atoms with van der Waals surface area (Å²) in [5.41, 5.74) is 2.38. The Hall–Kier alpha value is -3.02. The summed E-state index contributed by atoms with van der Waals surface area (Å²) >= 11 is 0. The molecule has 0 fully saturated rings. The van der Waals surface area contributed by atoms with Crippen LogP contribution in [0.25, 0.3) is 0 Å². The van der Waals surface area contributed by atoms with Crippen molar-refractivity contribution in [2.45, 2.75) is 26.0 Å². The number of carbonyl (C=O) groups excluding carboxylic acids is 1. The molecular weight excluding hydrogens is 322 g/mol. The fourth-order valence-corrected chi connectivity index (χ4v) is 2.45. The van der Waals surface area contributed by atoms with Gasteiger partial charge in [-0.2, -0.15) is 0 Å². The Morgan fingerprint density at radius 3 is 2.52 bits per heavy atom. The van der Waals surface area contributed by atoms with E-state index in [-0.39, 0.29) is 13.0 Å². The summed E-state index contributed by atoms with van der Waals surface area (Å²) in [6.07, 6.45) is -0.959. The lowest BCUT2D eigenvalue weighted by Crippen LogP contribution is -2.31. The number of carboxylic acids is 1. The van der Waals surface area contributed by atoms with Gasteiger partial charge in [-0.05, 0) is 18.6 Å². The zero-order valence-electron chi connectivity index (χ0n) is 14.2. The number of hydrogen-bond acceptors (Lipinski definition) is 4. The molecule has 6 nitrogen and oxygen atoms in total. The molecule has 0 aliphatic rings. The van der Waals surface area contributed by atoms with E-state index in [4.69, 9.17) is 14.6 Å². The van der Waals surface area contributed by atoms with Crippen molar-refractivity contribution in [3.63, 3.8) is 0 Å². The average molecular weight is 343 g/mol. The van der Waals surface area contributed by atoms with Crippen LogP contribution >= 0.6 is 0 Å². The summed E-state index contributed by atoms with van der Waals surface area (Å²) in [7, 11) is 1.50. The van der Waals surface area contributed by atoms with Gasteiger partial charge in [0.2, 0.25) is 0 Å². The van der Waals surface area contributed by atoms with Gasteiger partial charge in [0.1, 0.15) is 12.4 Å². The molecule has 2 aromatic rings. The lowest BCUT2D eigenvalue weighted by atomic mass is 10.0. The Kier molecular flexibility index (Phi) is 6.39. The van der Waals surface area contributed by atoms with Gasteiger partial charge in [-0.25, -0.2) is 4.79 Å². The minimum Gasteiger partial charge on any atom is -0.496 e. The van der Waals surface area contributed by atoms with Gasteiger partial charge in [0.05, 0.1) is 19.6 Å². The van der Waals surface area contributed by atoms with E-state index in [0.717, 1.165) is 11.1 Å². The number of nitrogens with one attached hydrogen (secondary N) is 1. The van der Waals surface area contributed by atoms with Crippen LogP contribution < -0.4 is 10.1 Å². The predicted molar refractivity (Wildman–Crippen MR) is 92.5 cm³/mol. The van der Waals surface area contributed by atoms with E-state index < -0.39 is 18.1 Å². The van der Waals surface area contributed by atoms with Crippen molar-refractivity contribution in [3.8, 4) is 5.75 Å². The maximum Gasteiger partial charge on any atom is 0.407 e. The lowest BCUT2D eigenvalue weighted by Gasteiger charge is -2.20. The van der Waals surface area contributed by atoms with Crippen molar-refractivity contribution < 1.29 is 24.2 Å². The first-order valence-corrected chi connectivity index (χ1v) is 7.83. The molecule has 25 heavy (non-hydrogen) atoms. The van der Waals surface area contributed by atoms with Crippen LogP contribution in [0.5, 0.6) is 5.75 Å². The fourth-order valence-electron chi connectivity index (χ4n) is 2.45. The summed E-state index contributed by atoms with van der Waals surface area (Å²) in [6, 6.07) is 13.9. The largest absolute Gasteiger partial charge is 0.496 e. The van der Waals surface area contributed by atoms with Crippen molar-refractivity contribution in [2.75, 3.05) is 7.11 Å². The summed E-state index contributed by atoms with van der Waals surface area (Å²) < 4.78 is 10.5. The molecule has 132 valence electrons. The molecule has 2 aromatic carbocycles. The molecular formula is C19H21NO5. The third-order valence-electron chi connectivity index (χ3n) is 3.64. The first-order valence-electron chi connectivity index (χ1n) is 7.83. The lowest BCUT2D eigenvalue weighted by molar-refractivity contribution is -0.137. The number of aryl methyl sites for hydroxylation is 1. The normalized spacial score (nSPS) is 11.4. The van der Waals surface area contributed by atoms with E-state index >= 15 is 0 Å². The third kappa shape index (κ3) is 5.53. The fraction of sp³-hybridized carbons (Fsp3) is 0.263. The number of alkyl carbamates (subject to hydrolysis) is 1. The highest BCUT2D eigenvalue weighted by Gasteiger charge is 2.22. The van der Waals surface area contributed by atoms with Gasteiger partial charge in [-0.1, -0.05) is 48.0 Å². The number of amides is 1. The Labute approximate surface area is 146 Å². The van der Waals surface area contributed by atoms with E-state index in [1.807, 2.05) is 43.3 Å². The summed E-state index contributed by atoms with van der Waals surface area (Å²) in [4.78, 5) is 23.3. The van der Waals surface area contributed by atoms with Gasteiger partial charge >= 0.3 is 12.1 Å². The average Bonchev–Trinajstić information content (AvgIpc) is 2.60. The maximum atomic E-state index is 12.1. The molecule has 6 heteroatoms. The SMILES string of the molecule is COc1ccc(C)cc1[C@@H](CC(=O)O)NC(=O)OCc1ccccc1. The van der Waals surface area contributed by atoms with Crippen LogP contribution in [-0.4, -0.2) is 24.3 Å². The topological polar surface area (TPSA) is 84.9 Å². The number of benzene rings is 2. The number of carbonyl (C=O) groups is 2. The molecule has 0 aliphatic heterocycles. The van der Waals surface area contributed by atoms with Gasteiger partial charge in [0, 0.05) is 5.56 Å². The molecule has 0 bridgehead atoms. The molecule has 0 heterocycles. The number of rotatable bonds is 7. The number of methoxy groups -OCH3 is 1. The van der Waals surface area contributed by atoms with E-state index in [1.54, 1.807) is 12.1 Å². The highest BCUT2D eigenvalue weighted by atomic mass is 16.5. The Morgan fingerprint density at radius 1 is 1.16 bits per heavy atom. The van der Waals surface area contributed by atoms with Crippen LogP contribution in [0.4, 0.5) is 4.79 Å². The van der Waals surface area contributed by atoms with Gasteiger partial charge in [0.25, 0.3) is 0 Å². The first-order chi connectivity index (χ1) is 12.0. The summed E-state index contributed by atoms with van der Waals surface area (Å²) in [5, 5.41) is 11.8. The molecule has 0 radical (unpaired) electrons. The third-order valence-corrected chi connectivity index (χ3v) is 3.64. The molecule has 1 amide bonds. The van der Waals surface area contributed by atoms with Gasteiger partial charge < -0.3 is 19.9 Å². The minimum absolute atomic E-state index is 0.109. The van der Waals surface area contributed by atoms with Crippen LogP contribution in [0.3, 0.4) is 0 Å². The van der Waals surface area contributed by atoms with Gasteiger partial charge in [0.15, 0.2) is 0 Å². The van der Waals surface area contributed by atoms with Crippen molar-refractivity contribution in [3.05, 3.63) is 65.2 Å². The van der Waals surface area contributed by atoms with Crippen LogP contribution in [0.15, 0.2) is 48.5 Å². The highest BCUT2D eigenvalue weighted by Crippen LogP contribution is 2.28. The molecule has 0 unspecified atom stereocenters. The molecule has 0 aliphatic carbocycles. The molecule has 0 saturated heterocycles. The molecule has 2 N–H and O–H groups in total. The Morgan fingerprint density at radius 2 is 1.88 bits per heavy atom. The van der Waals surface area contributed by atoms with Crippen LogP contribution in [0, 0.1) is 6.92 Å². The summed E-state index contributed by atoms with van der Waals surface area (Å²) in [5.74, 6) is -0.517. The molecule has 0 spiro atoms. The smallest absolute Gasteiger partial charge is 0.407 e. The second kappa shape index (κ2) is 8.73. The van der Waals surface area contributed by atoms with Crippen molar-refractivity contribution in [2.24, 2.45) is 0 Å². The van der Waals surface area contributed by atoms with E-state index in [1.165, 1.54) is 7.11 Å². The van der Waals surface area contributed by atoms with Crippen molar-refractivity contribution in [1.82, 2.24) is 5.32 Å². The summed E-state index contributed by atoms with van der Waals surface area (Å²) in [6.45, 7) is 1.99. The molecule has 1 atom stereocenters. The quantitative estimate of drug-likeness (QED) is 0.804. The zero-order valence-corrected chi connectivity index (χ0v) is 14.2. The monoisotopic (exact) mass is 343 g/mol. The van der Waals surface area contributed by atoms with E-state index in [2.05, 4.69) is 5.32 Å². The van der Waals surface area contributed by atoms with Crippen LogP contribution in [0.1, 0.15) is 29.2 Å². The molecule has 0 aromatic heterocycles. The van der Waals surface area contributed by atoms with Gasteiger partial charge in [-0.15, -0.1) is 0 Å². The van der Waals surface area contributed by atoms with E-state index in [9.17, 15) is 9.59 Å². The zero-order chi connectivity index (χ0) is 18.2. The second-order valence-corrected chi connectivity index (χ2v) is 5.60. The van der Waals surface area contributed by atoms with E-state index in [0.29, 0.717) is 11.3 Å². The second-order valence-electron chi connectivity index (χ2n) is 5.60. The maximum absolute atomic E-state index is 12.1. The van der Waals surface area contributed by atoms with Crippen molar-refractivity contribution >= 4 is 12.1 Å². The minimum atomic E-state index is -1.03. The number of ether oxygens (including phenoxy) is 2. The number of aliphatic carboxylic acids is 1. The molecule has 0 saturated carbocycles. The van der Waals surface area contributed by atoms with Crippen LogP contribution in [-0.2, 0) is 16.1 Å². The number of carboxylic acid groups (broad SMARTS) is 1. The number of hydrogen-bond donors (Lipinski definition) is 2. The first kappa shape index (κ1) is 18.3. The Balaban J connectivity index is 2.11. The Bertz CT molecular complexity index is 730. The molecule has 2 rings (SSSR count). The highest BCUT2D eigenvalue weighted by molar-refractivity contribution is 5.72. The predicted octanol–water partition coefficient (Wildman–Crippen LogP) is 3.45. The van der Waals surface area contributed by atoms with Gasteiger partial charge in [-0.3, -0.25) is 4.79 Å². The standard InChI is InChI=1S/C19H21NO5/c1-13-8-9-17(24-2)15(10-13)16(11-18(21)22)20-19(23)25-12-14-6-4-3-5-7-14/h3-10,16H,11-12H2,1-2H3,(H,20,23)(H,21,22)/t16-/m1/s1. The van der Waals surface area contributed by atoms with Crippen molar-refractivity contribution in [1.29, 1.82) is 0 Å².